The number of rotatable bonds is 9. The van der Waals surface area contributed by atoms with Gasteiger partial charge in [-0.05, 0) is 13.0 Å². The fourth-order valence-electron chi connectivity index (χ4n) is 3.74. The summed E-state index contributed by atoms with van der Waals surface area (Å²) < 4.78 is 1.79. The lowest BCUT2D eigenvalue weighted by molar-refractivity contribution is 0.0973. The Morgan fingerprint density at radius 1 is 1.07 bits per heavy atom. The minimum atomic E-state index is -0.0313. The van der Waals surface area contributed by atoms with Crippen LogP contribution in [0, 0.1) is 0 Å². The fourth-order valence-corrected chi connectivity index (χ4v) is 4.31. The lowest BCUT2D eigenvalue weighted by atomic mass is 10.2. The highest BCUT2D eigenvalue weighted by atomic mass is 32.1. The predicted molar refractivity (Wildman–Crippen MR) is 115 cm³/mol. The largest absolute Gasteiger partial charge is 0.352 e. The van der Waals surface area contributed by atoms with E-state index in [9.17, 15) is 4.79 Å². The van der Waals surface area contributed by atoms with Crippen LogP contribution in [0.25, 0.3) is 11.2 Å². The van der Waals surface area contributed by atoms with Gasteiger partial charge in [0, 0.05) is 37.8 Å². The summed E-state index contributed by atoms with van der Waals surface area (Å²) >= 11 is 1.35. The number of thiazole rings is 1. The van der Waals surface area contributed by atoms with E-state index in [0.717, 1.165) is 37.5 Å². The van der Waals surface area contributed by atoms with Gasteiger partial charge in [0.05, 0.1) is 12.9 Å². The molecule has 0 unspecified atom stereocenters. The van der Waals surface area contributed by atoms with E-state index in [1.807, 2.05) is 5.38 Å². The number of anilines is 1. The number of carbonyl (C=O) groups excluding carboxylic acids is 1. The molecule has 4 rings (SSSR count). The maximum atomic E-state index is 12.4. The highest BCUT2D eigenvalue weighted by Crippen LogP contribution is 2.23. The van der Waals surface area contributed by atoms with Crippen LogP contribution < -0.4 is 4.90 Å². The van der Waals surface area contributed by atoms with Crippen LogP contribution in [0.5, 0.6) is 0 Å². The number of ketones is 1. The number of unbranched alkanes of at least 4 members (excludes halogenated alkanes) is 3. The molecule has 29 heavy (non-hydrogen) atoms. The van der Waals surface area contributed by atoms with E-state index in [0.29, 0.717) is 10.7 Å². The van der Waals surface area contributed by atoms with Crippen molar-refractivity contribution >= 4 is 34.1 Å². The van der Waals surface area contributed by atoms with Gasteiger partial charge in [-0.15, -0.1) is 11.3 Å². The van der Waals surface area contributed by atoms with E-state index in [1.54, 1.807) is 23.4 Å². The Balaban J connectivity index is 1.41. The van der Waals surface area contributed by atoms with Crippen LogP contribution in [0.4, 0.5) is 5.82 Å². The number of nitrogens with zero attached hydrogens (tertiary/aromatic N) is 7. The molecule has 4 heterocycles. The average molecular weight is 414 g/mol. The summed E-state index contributed by atoms with van der Waals surface area (Å²) in [5.74, 6) is 0.831. The molecule has 3 aromatic rings. The third-order valence-electron chi connectivity index (χ3n) is 5.37. The van der Waals surface area contributed by atoms with E-state index >= 15 is 0 Å². The van der Waals surface area contributed by atoms with Crippen molar-refractivity contribution in [1.29, 1.82) is 0 Å². The number of hydrogen-bond donors (Lipinski definition) is 0. The summed E-state index contributed by atoms with van der Waals surface area (Å²) in [6, 6.07) is 0. The molecule has 1 aliphatic rings. The molecule has 0 aliphatic carbocycles. The summed E-state index contributed by atoms with van der Waals surface area (Å²) in [5, 5.41) is 2.32. The number of aromatic nitrogens is 5. The molecule has 154 valence electrons. The molecule has 1 aliphatic heterocycles. The summed E-state index contributed by atoms with van der Waals surface area (Å²) in [6.07, 6.45) is 10.1. The van der Waals surface area contributed by atoms with E-state index in [1.165, 1.54) is 43.6 Å². The fraction of sp³-hybridized carbons (Fsp3) is 0.550. The van der Waals surface area contributed by atoms with Gasteiger partial charge in [0.2, 0.25) is 5.78 Å². The van der Waals surface area contributed by atoms with Gasteiger partial charge in [0.1, 0.15) is 6.33 Å². The zero-order chi connectivity index (χ0) is 20.1. The second-order valence-electron chi connectivity index (χ2n) is 7.39. The minimum Gasteiger partial charge on any atom is -0.352 e. The molecule has 0 spiro atoms. The molecule has 0 saturated carbocycles. The van der Waals surface area contributed by atoms with Crippen molar-refractivity contribution in [2.24, 2.45) is 0 Å². The van der Waals surface area contributed by atoms with Gasteiger partial charge in [0.25, 0.3) is 0 Å². The van der Waals surface area contributed by atoms with Gasteiger partial charge in [0.15, 0.2) is 22.0 Å². The molecule has 3 aromatic heterocycles. The Morgan fingerprint density at radius 3 is 2.69 bits per heavy atom. The third-order valence-corrected chi connectivity index (χ3v) is 6.18. The second-order valence-corrected chi connectivity index (χ2v) is 8.29. The first-order chi connectivity index (χ1) is 14.3. The molecular formula is C20H27N7OS. The molecule has 0 N–H and O–H groups in total. The van der Waals surface area contributed by atoms with Crippen LogP contribution in [0.3, 0.4) is 0 Å². The van der Waals surface area contributed by atoms with Gasteiger partial charge in [-0.2, -0.15) is 0 Å². The normalized spacial score (nSPS) is 15.3. The van der Waals surface area contributed by atoms with Crippen molar-refractivity contribution in [2.75, 3.05) is 37.6 Å². The highest BCUT2D eigenvalue weighted by molar-refractivity contribution is 7.11. The monoisotopic (exact) mass is 413 g/mol. The van der Waals surface area contributed by atoms with Crippen molar-refractivity contribution in [1.82, 2.24) is 29.4 Å². The number of carbonyl (C=O) groups is 1. The number of hydrogen-bond acceptors (Lipinski definition) is 8. The van der Waals surface area contributed by atoms with Gasteiger partial charge in [-0.25, -0.2) is 19.9 Å². The molecule has 0 amide bonds. The number of imidazole rings is 1. The van der Waals surface area contributed by atoms with Crippen molar-refractivity contribution in [2.45, 2.75) is 39.2 Å². The molecule has 0 bridgehead atoms. The zero-order valence-corrected chi connectivity index (χ0v) is 17.6. The van der Waals surface area contributed by atoms with Crippen LogP contribution in [-0.4, -0.2) is 67.9 Å². The van der Waals surface area contributed by atoms with Crippen LogP contribution in [0.15, 0.2) is 24.2 Å². The first-order valence-electron chi connectivity index (χ1n) is 10.3. The Bertz CT molecular complexity index is 932. The van der Waals surface area contributed by atoms with Crippen molar-refractivity contribution < 1.29 is 4.79 Å². The molecule has 0 radical (unpaired) electrons. The molecule has 9 heteroatoms. The van der Waals surface area contributed by atoms with Gasteiger partial charge in [-0.1, -0.05) is 26.2 Å². The average Bonchev–Trinajstić information content (AvgIpc) is 3.42. The summed E-state index contributed by atoms with van der Waals surface area (Å²) in [6.45, 7) is 7.57. The Labute approximate surface area is 174 Å². The SMILES string of the molecule is CCCCCCN1CCN(c2ncnc3c2ncn3CC(=O)c2nccs2)CC1. The maximum Gasteiger partial charge on any atom is 0.211 e. The molecule has 1 saturated heterocycles. The summed E-state index contributed by atoms with van der Waals surface area (Å²) in [4.78, 5) is 34.8. The van der Waals surface area contributed by atoms with Crippen molar-refractivity contribution in [3.8, 4) is 0 Å². The Hall–Kier alpha value is -2.39. The Kier molecular flexibility index (Phi) is 6.46. The van der Waals surface area contributed by atoms with Crippen LogP contribution in [0.1, 0.15) is 42.4 Å². The summed E-state index contributed by atoms with van der Waals surface area (Å²) in [5.41, 5.74) is 1.46. The summed E-state index contributed by atoms with van der Waals surface area (Å²) in [7, 11) is 0. The van der Waals surface area contributed by atoms with Gasteiger partial charge < -0.3 is 9.47 Å². The second kappa shape index (κ2) is 9.41. The van der Waals surface area contributed by atoms with E-state index < -0.39 is 0 Å². The molecule has 0 atom stereocenters. The number of piperazine rings is 1. The molecular weight excluding hydrogens is 386 g/mol. The lowest BCUT2D eigenvalue weighted by Crippen LogP contribution is -2.47. The first kappa shape index (κ1) is 19.9. The van der Waals surface area contributed by atoms with Crippen molar-refractivity contribution in [3.63, 3.8) is 0 Å². The topological polar surface area (TPSA) is 80.0 Å². The van der Waals surface area contributed by atoms with Gasteiger partial charge >= 0.3 is 0 Å². The first-order valence-corrected chi connectivity index (χ1v) is 11.2. The molecule has 1 fully saturated rings. The van der Waals surface area contributed by atoms with E-state index in [4.69, 9.17) is 0 Å². The maximum absolute atomic E-state index is 12.4. The van der Waals surface area contributed by atoms with Crippen LogP contribution in [-0.2, 0) is 6.54 Å². The van der Waals surface area contributed by atoms with Crippen LogP contribution >= 0.6 is 11.3 Å². The highest BCUT2D eigenvalue weighted by Gasteiger charge is 2.22. The zero-order valence-electron chi connectivity index (χ0n) is 16.8. The van der Waals surface area contributed by atoms with E-state index in [2.05, 4.69) is 36.7 Å². The number of Topliss-reactive ketones (excluding diaryl/α,β-unsaturated/α-hetero) is 1. The minimum absolute atomic E-state index is 0.0313. The Morgan fingerprint density at radius 2 is 1.93 bits per heavy atom. The van der Waals surface area contributed by atoms with Crippen molar-refractivity contribution in [3.05, 3.63) is 29.2 Å². The lowest BCUT2D eigenvalue weighted by Gasteiger charge is -2.35. The smallest absolute Gasteiger partial charge is 0.211 e. The quantitative estimate of drug-likeness (QED) is 0.394. The predicted octanol–water partition coefficient (Wildman–Crippen LogP) is 2.87. The molecule has 8 nitrogen and oxygen atoms in total. The standard InChI is InChI=1S/C20H27N7OS/c1-2-3-4-5-7-25-8-10-26(11-9-25)18-17-19(23-14-22-18)27(15-24-17)13-16(28)20-21-6-12-29-20/h6,12,14-15H,2-5,7-11,13H2,1H3. The number of fused-ring (bicyclic) bond motifs is 1. The van der Waals surface area contributed by atoms with E-state index in [-0.39, 0.29) is 12.3 Å². The molecule has 0 aromatic carbocycles. The third kappa shape index (κ3) is 4.62. The van der Waals surface area contributed by atoms with Gasteiger partial charge in [-0.3, -0.25) is 9.69 Å². The van der Waals surface area contributed by atoms with Crippen LogP contribution in [0.2, 0.25) is 0 Å².